The minimum Gasteiger partial charge on any atom is -0.379 e. The number of anilines is 2. The quantitative estimate of drug-likeness (QED) is 0.594. The minimum atomic E-state index is -0.446. The summed E-state index contributed by atoms with van der Waals surface area (Å²) in [5.41, 5.74) is 3.00. The van der Waals surface area contributed by atoms with E-state index in [4.69, 9.17) is 16.3 Å². The first-order valence-electron chi connectivity index (χ1n) is 10.5. The summed E-state index contributed by atoms with van der Waals surface area (Å²) in [6.45, 7) is 1.76. The zero-order valence-electron chi connectivity index (χ0n) is 17.2. The molecule has 3 aromatic rings. The lowest BCUT2D eigenvalue weighted by Gasteiger charge is -2.19. The standard InChI is InChI=1S/C23H21ClFN5O2/c24-22-15(2-1-6-26-22)12-20(31)30-8-4-14-10-16(11-18(25)21(14)30)19-3-7-27-23(29-19)28-17-5-9-32-13-17/h1-3,6-7,10-11,17H,4-5,8-9,12-13H2,(H,27,28,29). The number of aromatic nitrogens is 3. The second kappa shape index (κ2) is 8.80. The van der Waals surface area contributed by atoms with Crippen LogP contribution in [-0.2, 0) is 22.4 Å². The number of carbonyl (C=O) groups is 1. The van der Waals surface area contributed by atoms with Crippen LogP contribution >= 0.6 is 11.6 Å². The Morgan fingerprint density at radius 3 is 3.00 bits per heavy atom. The molecule has 0 spiro atoms. The highest BCUT2D eigenvalue weighted by molar-refractivity contribution is 6.30. The van der Waals surface area contributed by atoms with Gasteiger partial charge in [0.2, 0.25) is 11.9 Å². The number of hydrogen-bond donors (Lipinski definition) is 1. The predicted molar refractivity (Wildman–Crippen MR) is 119 cm³/mol. The Bertz CT molecular complexity index is 1170. The van der Waals surface area contributed by atoms with Gasteiger partial charge in [0.05, 0.1) is 30.5 Å². The van der Waals surface area contributed by atoms with E-state index in [1.807, 2.05) is 6.07 Å². The van der Waals surface area contributed by atoms with Crippen LogP contribution < -0.4 is 10.2 Å². The van der Waals surface area contributed by atoms with Crippen LogP contribution in [0.4, 0.5) is 16.0 Å². The van der Waals surface area contributed by atoms with E-state index in [1.54, 1.807) is 30.6 Å². The zero-order valence-corrected chi connectivity index (χ0v) is 18.0. The van der Waals surface area contributed by atoms with E-state index in [0.717, 1.165) is 18.6 Å². The van der Waals surface area contributed by atoms with Gasteiger partial charge in [0, 0.05) is 31.1 Å². The molecule has 0 bridgehead atoms. The van der Waals surface area contributed by atoms with Crippen molar-refractivity contribution in [2.24, 2.45) is 0 Å². The summed E-state index contributed by atoms with van der Waals surface area (Å²) in [4.78, 5) is 27.2. The van der Waals surface area contributed by atoms with Crippen LogP contribution in [0.1, 0.15) is 17.5 Å². The molecule has 9 heteroatoms. The van der Waals surface area contributed by atoms with Crippen LogP contribution in [0.15, 0.2) is 42.7 Å². The third-order valence-corrected chi connectivity index (χ3v) is 6.05. The molecule has 5 rings (SSSR count). The van der Waals surface area contributed by atoms with Crippen LogP contribution in [-0.4, -0.2) is 46.7 Å². The average molecular weight is 454 g/mol. The highest BCUT2D eigenvalue weighted by Crippen LogP contribution is 2.35. The van der Waals surface area contributed by atoms with Crippen LogP contribution in [0.3, 0.4) is 0 Å². The van der Waals surface area contributed by atoms with Crippen molar-refractivity contribution in [3.63, 3.8) is 0 Å². The van der Waals surface area contributed by atoms with Crippen molar-refractivity contribution < 1.29 is 13.9 Å². The van der Waals surface area contributed by atoms with Crippen LogP contribution in [0.5, 0.6) is 0 Å². The Hall–Kier alpha value is -3.10. The molecule has 1 unspecified atom stereocenters. The molecule has 0 radical (unpaired) electrons. The molecule has 2 aromatic heterocycles. The number of fused-ring (bicyclic) bond motifs is 1. The van der Waals surface area contributed by atoms with E-state index in [2.05, 4.69) is 20.3 Å². The number of pyridine rings is 1. The van der Waals surface area contributed by atoms with Gasteiger partial charge in [-0.15, -0.1) is 0 Å². The van der Waals surface area contributed by atoms with E-state index in [0.29, 0.717) is 48.0 Å². The maximum Gasteiger partial charge on any atom is 0.231 e. The van der Waals surface area contributed by atoms with Gasteiger partial charge >= 0.3 is 0 Å². The fraction of sp³-hybridized carbons (Fsp3) is 0.304. The highest BCUT2D eigenvalue weighted by atomic mass is 35.5. The number of benzene rings is 1. The van der Waals surface area contributed by atoms with Gasteiger partial charge in [0.25, 0.3) is 0 Å². The molecule has 2 aliphatic rings. The topological polar surface area (TPSA) is 80.2 Å². The number of ether oxygens (including phenoxy) is 1. The largest absolute Gasteiger partial charge is 0.379 e. The number of amides is 1. The van der Waals surface area contributed by atoms with Crippen LogP contribution in [0, 0.1) is 5.82 Å². The molecule has 2 aliphatic heterocycles. The molecule has 1 aromatic carbocycles. The van der Waals surface area contributed by atoms with Crippen molar-refractivity contribution in [3.05, 3.63) is 64.8 Å². The van der Waals surface area contributed by atoms with Gasteiger partial charge in [0.1, 0.15) is 11.0 Å². The molecule has 164 valence electrons. The monoisotopic (exact) mass is 453 g/mol. The summed E-state index contributed by atoms with van der Waals surface area (Å²) < 4.78 is 20.6. The number of nitrogens with zero attached hydrogens (tertiary/aromatic N) is 4. The van der Waals surface area contributed by atoms with E-state index in [-0.39, 0.29) is 23.5 Å². The van der Waals surface area contributed by atoms with Gasteiger partial charge in [-0.25, -0.2) is 19.3 Å². The second-order valence-electron chi connectivity index (χ2n) is 7.86. The van der Waals surface area contributed by atoms with Crippen molar-refractivity contribution in [2.75, 3.05) is 30.0 Å². The first-order chi connectivity index (χ1) is 15.6. The van der Waals surface area contributed by atoms with Crippen molar-refractivity contribution in [2.45, 2.75) is 25.3 Å². The molecule has 1 fully saturated rings. The summed E-state index contributed by atoms with van der Waals surface area (Å²) in [5.74, 6) is -0.167. The number of rotatable bonds is 5. The maximum absolute atomic E-state index is 15.2. The highest BCUT2D eigenvalue weighted by Gasteiger charge is 2.29. The minimum absolute atomic E-state index is 0.0686. The average Bonchev–Trinajstić information content (AvgIpc) is 3.45. The summed E-state index contributed by atoms with van der Waals surface area (Å²) in [6, 6.07) is 8.72. The van der Waals surface area contributed by atoms with Crippen LogP contribution in [0.25, 0.3) is 11.3 Å². The lowest BCUT2D eigenvalue weighted by Crippen LogP contribution is -2.31. The Balaban J connectivity index is 1.38. The molecule has 32 heavy (non-hydrogen) atoms. The lowest BCUT2D eigenvalue weighted by atomic mass is 10.0. The van der Waals surface area contributed by atoms with Gasteiger partial charge in [-0.2, -0.15) is 0 Å². The fourth-order valence-corrected chi connectivity index (χ4v) is 4.31. The number of halogens is 2. The third-order valence-electron chi connectivity index (χ3n) is 5.71. The predicted octanol–water partition coefficient (Wildman–Crippen LogP) is 3.66. The smallest absolute Gasteiger partial charge is 0.231 e. The number of carbonyl (C=O) groups excluding carboxylic acids is 1. The first kappa shape index (κ1) is 20.8. The van der Waals surface area contributed by atoms with E-state index >= 15 is 4.39 Å². The number of nitrogens with one attached hydrogen (secondary N) is 1. The summed E-state index contributed by atoms with van der Waals surface area (Å²) >= 11 is 6.08. The van der Waals surface area contributed by atoms with Gasteiger partial charge in [-0.05, 0) is 48.2 Å². The third kappa shape index (κ3) is 4.16. The van der Waals surface area contributed by atoms with Crippen molar-refractivity contribution in [1.29, 1.82) is 0 Å². The first-order valence-corrected chi connectivity index (χ1v) is 10.9. The SMILES string of the molecule is O=C(Cc1cccnc1Cl)N1CCc2cc(-c3ccnc(NC4CCOC4)n3)cc(F)c21. The number of hydrogen-bond acceptors (Lipinski definition) is 6. The Morgan fingerprint density at radius 1 is 1.28 bits per heavy atom. The van der Waals surface area contributed by atoms with Crippen molar-refractivity contribution >= 4 is 29.1 Å². The van der Waals surface area contributed by atoms with E-state index in [9.17, 15) is 4.79 Å². The zero-order chi connectivity index (χ0) is 22.1. The van der Waals surface area contributed by atoms with E-state index < -0.39 is 5.82 Å². The van der Waals surface area contributed by atoms with Gasteiger partial charge in [-0.3, -0.25) is 4.79 Å². The molecule has 1 amide bonds. The molecule has 1 atom stereocenters. The maximum atomic E-state index is 15.2. The van der Waals surface area contributed by atoms with E-state index in [1.165, 1.54) is 11.0 Å². The summed E-state index contributed by atoms with van der Waals surface area (Å²) in [7, 11) is 0. The molecule has 1 N–H and O–H groups in total. The lowest BCUT2D eigenvalue weighted by molar-refractivity contribution is -0.117. The molecule has 1 saturated heterocycles. The fourth-order valence-electron chi connectivity index (χ4n) is 4.12. The summed E-state index contributed by atoms with van der Waals surface area (Å²) in [5, 5.41) is 3.54. The van der Waals surface area contributed by atoms with Gasteiger partial charge in [0.15, 0.2) is 0 Å². The molecule has 0 aliphatic carbocycles. The Kier molecular flexibility index (Phi) is 5.71. The van der Waals surface area contributed by atoms with Crippen LogP contribution in [0.2, 0.25) is 5.15 Å². The summed E-state index contributed by atoms with van der Waals surface area (Å²) in [6.07, 6.45) is 4.76. The molecular formula is C23H21ClFN5O2. The van der Waals surface area contributed by atoms with Gasteiger partial charge in [-0.1, -0.05) is 17.7 Å². The molecule has 4 heterocycles. The van der Waals surface area contributed by atoms with Crippen molar-refractivity contribution in [3.8, 4) is 11.3 Å². The van der Waals surface area contributed by atoms with Crippen molar-refractivity contribution in [1.82, 2.24) is 15.0 Å². The normalized spacial score (nSPS) is 17.4. The molecule has 7 nitrogen and oxygen atoms in total. The Morgan fingerprint density at radius 2 is 2.19 bits per heavy atom. The van der Waals surface area contributed by atoms with Gasteiger partial charge < -0.3 is 15.0 Å². The second-order valence-corrected chi connectivity index (χ2v) is 8.22. The molecule has 0 saturated carbocycles. The molecular weight excluding hydrogens is 433 g/mol. The Labute approximate surface area is 189 Å².